The van der Waals surface area contributed by atoms with E-state index in [1.165, 1.54) is 0 Å². The number of methoxy groups -OCH3 is 1. The Morgan fingerprint density at radius 2 is 1.77 bits per heavy atom. The maximum Gasteiger partial charge on any atom is 0.224 e. The number of carbonyl (C=O) groups excluding carboxylic acids is 1. The third-order valence-corrected chi connectivity index (χ3v) is 6.10. The van der Waals surface area contributed by atoms with Crippen molar-refractivity contribution in [3.8, 4) is 5.75 Å². The third-order valence-electron chi connectivity index (χ3n) is 5.60. The van der Waals surface area contributed by atoms with Crippen LogP contribution in [0.2, 0.25) is 0 Å². The Kier molecular flexibility index (Phi) is 6.14. The fourth-order valence-corrected chi connectivity index (χ4v) is 4.38. The smallest absolute Gasteiger partial charge is 0.224 e. The van der Waals surface area contributed by atoms with Crippen molar-refractivity contribution in [2.75, 3.05) is 12.0 Å². The van der Waals surface area contributed by atoms with E-state index in [9.17, 15) is 4.79 Å². The quantitative estimate of drug-likeness (QED) is 0.315. The van der Waals surface area contributed by atoms with Gasteiger partial charge in [0, 0.05) is 29.5 Å². The van der Waals surface area contributed by atoms with E-state index < -0.39 is 0 Å². The molecule has 0 bridgehead atoms. The summed E-state index contributed by atoms with van der Waals surface area (Å²) in [6, 6.07) is 24.3. The van der Waals surface area contributed by atoms with Gasteiger partial charge in [-0.1, -0.05) is 58.4 Å². The second-order valence-corrected chi connectivity index (χ2v) is 8.54. The Hall–Kier alpha value is -3.05. The molecule has 0 spiro atoms. The lowest BCUT2D eigenvalue weighted by atomic mass is 10.1. The molecule has 1 heterocycles. The summed E-state index contributed by atoms with van der Waals surface area (Å²) in [5, 5.41) is 1.05. The van der Waals surface area contributed by atoms with Gasteiger partial charge in [-0.15, -0.1) is 0 Å². The van der Waals surface area contributed by atoms with Crippen LogP contribution in [0.3, 0.4) is 0 Å². The lowest BCUT2D eigenvalue weighted by Gasteiger charge is -2.28. The normalized spacial score (nSPS) is 12.0. The number of halogens is 1. The first kappa shape index (κ1) is 21.2. The zero-order valence-corrected chi connectivity index (χ0v) is 19.5. The van der Waals surface area contributed by atoms with Crippen LogP contribution in [0.4, 0.5) is 5.69 Å². The van der Waals surface area contributed by atoms with Gasteiger partial charge in [0.05, 0.1) is 24.4 Å². The summed E-state index contributed by atoms with van der Waals surface area (Å²) in [4.78, 5) is 14.7. The van der Waals surface area contributed by atoms with Crippen molar-refractivity contribution in [1.29, 1.82) is 0 Å². The summed E-state index contributed by atoms with van der Waals surface area (Å²) >= 11 is 3.60. The zero-order valence-electron chi connectivity index (χ0n) is 17.9. The number of fused-ring (bicyclic) bond motifs is 1. The second-order valence-electron chi connectivity index (χ2n) is 7.63. The highest BCUT2D eigenvalue weighted by atomic mass is 79.9. The SMILES string of the molecule is COc1ccc(Cn2cc(N(C(C)=O)C(C)c3ccccc3)c3ccc(Br)cc32)cc1. The van der Waals surface area contributed by atoms with Gasteiger partial charge in [-0.05, 0) is 48.4 Å². The van der Waals surface area contributed by atoms with E-state index >= 15 is 0 Å². The largest absolute Gasteiger partial charge is 0.497 e. The maximum absolute atomic E-state index is 12.8. The molecule has 158 valence electrons. The average Bonchev–Trinajstić information content (AvgIpc) is 3.11. The van der Waals surface area contributed by atoms with Gasteiger partial charge in [0.25, 0.3) is 0 Å². The van der Waals surface area contributed by atoms with Crippen LogP contribution in [-0.4, -0.2) is 17.6 Å². The molecule has 4 nitrogen and oxygen atoms in total. The van der Waals surface area contributed by atoms with Crippen LogP contribution in [0, 0.1) is 0 Å². The Bertz CT molecular complexity index is 1200. The van der Waals surface area contributed by atoms with Gasteiger partial charge in [-0.2, -0.15) is 0 Å². The highest BCUT2D eigenvalue weighted by Crippen LogP contribution is 2.36. The van der Waals surface area contributed by atoms with Crippen LogP contribution >= 0.6 is 15.9 Å². The summed E-state index contributed by atoms with van der Waals surface area (Å²) < 4.78 is 8.48. The molecule has 4 aromatic rings. The number of hydrogen-bond donors (Lipinski definition) is 0. The summed E-state index contributed by atoms with van der Waals surface area (Å²) in [6.07, 6.45) is 2.09. The number of anilines is 1. The van der Waals surface area contributed by atoms with E-state index in [4.69, 9.17) is 4.74 Å². The molecule has 0 fully saturated rings. The van der Waals surface area contributed by atoms with Gasteiger partial charge >= 0.3 is 0 Å². The summed E-state index contributed by atoms with van der Waals surface area (Å²) in [5.74, 6) is 0.853. The van der Waals surface area contributed by atoms with E-state index in [2.05, 4.69) is 70.0 Å². The van der Waals surface area contributed by atoms with Gasteiger partial charge in [-0.3, -0.25) is 4.79 Å². The Balaban J connectivity index is 1.80. The Morgan fingerprint density at radius 3 is 2.42 bits per heavy atom. The fourth-order valence-electron chi connectivity index (χ4n) is 4.03. The van der Waals surface area contributed by atoms with Crippen LogP contribution in [0.5, 0.6) is 5.75 Å². The van der Waals surface area contributed by atoms with Gasteiger partial charge in [-0.25, -0.2) is 0 Å². The zero-order chi connectivity index (χ0) is 22.0. The van der Waals surface area contributed by atoms with Crippen molar-refractivity contribution in [2.24, 2.45) is 0 Å². The molecule has 4 rings (SSSR count). The summed E-state index contributed by atoms with van der Waals surface area (Å²) in [6.45, 7) is 4.40. The van der Waals surface area contributed by atoms with Crippen LogP contribution in [0.1, 0.15) is 31.0 Å². The van der Waals surface area contributed by atoms with E-state index in [0.29, 0.717) is 6.54 Å². The number of nitrogens with zero attached hydrogens (tertiary/aromatic N) is 2. The Labute approximate surface area is 191 Å². The van der Waals surface area contributed by atoms with Crippen LogP contribution in [0.15, 0.2) is 83.5 Å². The average molecular weight is 477 g/mol. The van der Waals surface area contributed by atoms with E-state index in [-0.39, 0.29) is 11.9 Å². The molecule has 0 radical (unpaired) electrons. The molecular formula is C26H25BrN2O2. The molecule has 1 aromatic heterocycles. The lowest BCUT2D eigenvalue weighted by molar-refractivity contribution is -0.117. The molecule has 3 aromatic carbocycles. The van der Waals surface area contributed by atoms with Crippen LogP contribution < -0.4 is 9.64 Å². The monoisotopic (exact) mass is 476 g/mol. The molecule has 1 amide bonds. The first-order chi connectivity index (χ1) is 15.0. The number of ether oxygens (including phenoxy) is 1. The topological polar surface area (TPSA) is 34.5 Å². The molecule has 0 N–H and O–H groups in total. The van der Waals surface area contributed by atoms with Crippen molar-refractivity contribution in [1.82, 2.24) is 4.57 Å². The fraction of sp³-hybridized carbons (Fsp3) is 0.192. The maximum atomic E-state index is 12.8. The van der Waals surface area contributed by atoms with Gasteiger partial charge in [0.1, 0.15) is 5.75 Å². The first-order valence-electron chi connectivity index (χ1n) is 10.2. The number of amides is 1. The van der Waals surface area contributed by atoms with E-state index in [1.54, 1.807) is 14.0 Å². The molecule has 0 saturated heterocycles. The third kappa shape index (κ3) is 4.37. The standard InChI is InChI=1S/C26H25BrN2O2/c1-18(21-7-5-4-6-8-21)29(19(2)30)26-17-28(25-15-22(27)11-14-24(25)26)16-20-9-12-23(31-3)13-10-20/h4-15,17-18H,16H2,1-3H3. The van der Waals surface area contributed by atoms with Crippen molar-refractivity contribution in [2.45, 2.75) is 26.4 Å². The lowest BCUT2D eigenvalue weighted by Crippen LogP contribution is -2.31. The van der Waals surface area contributed by atoms with Crippen molar-refractivity contribution >= 4 is 38.4 Å². The molecule has 1 unspecified atom stereocenters. The molecule has 0 aliphatic heterocycles. The highest BCUT2D eigenvalue weighted by molar-refractivity contribution is 9.10. The predicted molar refractivity (Wildman–Crippen MR) is 130 cm³/mol. The molecule has 0 aliphatic carbocycles. The molecule has 0 saturated carbocycles. The molecule has 5 heteroatoms. The molecule has 31 heavy (non-hydrogen) atoms. The minimum atomic E-state index is -0.0811. The van der Waals surface area contributed by atoms with Crippen molar-refractivity contribution in [3.05, 3.63) is 94.6 Å². The number of benzene rings is 3. The number of rotatable bonds is 6. The van der Waals surface area contributed by atoms with Gasteiger partial charge in [0.15, 0.2) is 0 Å². The second kappa shape index (κ2) is 8.98. The van der Waals surface area contributed by atoms with Gasteiger partial charge in [0.2, 0.25) is 5.91 Å². The molecular weight excluding hydrogens is 452 g/mol. The molecule has 1 atom stereocenters. The van der Waals surface area contributed by atoms with Crippen LogP contribution in [0.25, 0.3) is 10.9 Å². The first-order valence-corrected chi connectivity index (χ1v) is 11.0. The number of carbonyl (C=O) groups is 1. The van der Waals surface area contributed by atoms with Crippen molar-refractivity contribution < 1.29 is 9.53 Å². The van der Waals surface area contributed by atoms with Crippen molar-refractivity contribution in [3.63, 3.8) is 0 Å². The molecule has 0 aliphatic rings. The summed E-state index contributed by atoms with van der Waals surface area (Å²) in [7, 11) is 1.67. The van der Waals surface area contributed by atoms with E-state index in [1.807, 2.05) is 41.3 Å². The minimum absolute atomic E-state index is 0.0165. The number of hydrogen-bond acceptors (Lipinski definition) is 2. The minimum Gasteiger partial charge on any atom is -0.497 e. The highest BCUT2D eigenvalue weighted by Gasteiger charge is 2.24. The summed E-state index contributed by atoms with van der Waals surface area (Å²) in [5.41, 5.74) is 4.26. The van der Waals surface area contributed by atoms with E-state index in [0.717, 1.165) is 37.9 Å². The number of aromatic nitrogens is 1. The van der Waals surface area contributed by atoms with Gasteiger partial charge < -0.3 is 14.2 Å². The predicted octanol–water partition coefficient (Wildman–Crippen LogP) is 6.57. The Morgan fingerprint density at radius 1 is 1.06 bits per heavy atom. The van der Waals surface area contributed by atoms with Crippen LogP contribution in [-0.2, 0) is 11.3 Å².